The molecule has 0 radical (unpaired) electrons. The lowest BCUT2D eigenvalue weighted by Crippen LogP contribution is -2.54. The first kappa shape index (κ1) is 16.0. The number of hydrogen-bond donors (Lipinski definition) is 1. The number of nitrogens with zero attached hydrogens (tertiary/aromatic N) is 1. The Balaban J connectivity index is 2.47. The average Bonchev–Trinajstić information content (AvgIpc) is 2.48. The second kappa shape index (κ2) is 6.57. The van der Waals surface area contributed by atoms with Gasteiger partial charge in [0.1, 0.15) is 11.3 Å². The van der Waals surface area contributed by atoms with Gasteiger partial charge in [-0.25, -0.2) is 4.79 Å². The number of barbiturate groups is 1. The second-order valence-electron chi connectivity index (χ2n) is 4.41. The summed E-state index contributed by atoms with van der Waals surface area (Å²) in [4.78, 5) is 36.8. The Labute approximate surface area is 135 Å². The predicted octanol–water partition coefficient (Wildman–Crippen LogP) is 2.11. The minimum atomic E-state index is -0.756. The normalized spacial score (nSPS) is 16.7. The van der Waals surface area contributed by atoms with Crippen LogP contribution in [-0.4, -0.2) is 36.4 Å². The number of carbonyl (C=O) groups is 3. The van der Waals surface area contributed by atoms with E-state index in [0.29, 0.717) is 11.3 Å². The topological polar surface area (TPSA) is 75.7 Å². The molecular weight excluding hydrogens is 352 g/mol. The number of rotatable bonds is 4. The molecular formula is C15H13BrN2O4. The van der Waals surface area contributed by atoms with Gasteiger partial charge in [0.15, 0.2) is 0 Å². The predicted molar refractivity (Wildman–Crippen MR) is 84.1 cm³/mol. The van der Waals surface area contributed by atoms with Crippen LogP contribution in [0.3, 0.4) is 0 Å². The van der Waals surface area contributed by atoms with Crippen molar-refractivity contribution in [3.8, 4) is 5.75 Å². The van der Waals surface area contributed by atoms with Crippen molar-refractivity contribution < 1.29 is 19.1 Å². The summed E-state index contributed by atoms with van der Waals surface area (Å²) in [6.45, 7) is 3.50. The van der Waals surface area contributed by atoms with Crippen LogP contribution in [0, 0.1) is 0 Å². The molecule has 1 aliphatic heterocycles. The van der Waals surface area contributed by atoms with Gasteiger partial charge in [0.2, 0.25) is 0 Å². The number of amides is 4. The summed E-state index contributed by atoms with van der Waals surface area (Å²) in [6.07, 6.45) is 2.80. The molecule has 0 unspecified atom stereocenters. The average molecular weight is 365 g/mol. The maximum absolute atomic E-state index is 12.3. The quantitative estimate of drug-likeness (QED) is 0.504. The minimum Gasteiger partial charge on any atom is -0.496 e. The molecule has 1 N–H and O–H groups in total. The highest BCUT2D eigenvalue weighted by Gasteiger charge is 2.35. The molecule has 6 nitrogen and oxygen atoms in total. The molecule has 0 saturated carbocycles. The van der Waals surface area contributed by atoms with E-state index in [1.165, 1.54) is 19.3 Å². The van der Waals surface area contributed by atoms with Crippen molar-refractivity contribution in [3.05, 3.63) is 46.5 Å². The largest absolute Gasteiger partial charge is 0.496 e. The highest BCUT2D eigenvalue weighted by molar-refractivity contribution is 9.10. The minimum absolute atomic E-state index is 0.0188. The first-order valence-electron chi connectivity index (χ1n) is 6.31. The Morgan fingerprint density at radius 2 is 2.09 bits per heavy atom. The lowest BCUT2D eigenvalue weighted by Gasteiger charge is -2.25. The number of methoxy groups -OCH3 is 1. The third-order valence-corrected chi connectivity index (χ3v) is 3.48. The summed E-state index contributed by atoms with van der Waals surface area (Å²) in [5.41, 5.74) is 0.404. The fourth-order valence-corrected chi connectivity index (χ4v) is 2.34. The van der Waals surface area contributed by atoms with Gasteiger partial charge in [0, 0.05) is 16.6 Å². The van der Waals surface area contributed by atoms with E-state index in [-0.39, 0.29) is 12.1 Å². The molecule has 22 heavy (non-hydrogen) atoms. The number of nitrogens with one attached hydrogen (secondary N) is 1. The third kappa shape index (κ3) is 3.09. The van der Waals surface area contributed by atoms with Crippen LogP contribution in [0.25, 0.3) is 6.08 Å². The van der Waals surface area contributed by atoms with E-state index in [4.69, 9.17) is 4.74 Å². The summed E-state index contributed by atoms with van der Waals surface area (Å²) in [5.74, 6) is -0.906. The fraction of sp³-hybridized carbons (Fsp3) is 0.133. The van der Waals surface area contributed by atoms with Crippen LogP contribution in [0.2, 0.25) is 0 Å². The number of imide groups is 2. The molecule has 1 aromatic carbocycles. The monoisotopic (exact) mass is 364 g/mol. The first-order valence-corrected chi connectivity index (χ1v) is 7.10. The number of ether oxygens (including phenoxy) is 1. The van der Waals surface area contributed by atoms with E-state index >= 15 is 0 Å². The highest BCUT2D eigenvalue weighted by Crippen LogP contribution is 2.26. The molecule has 1 aromatic rings. The molecule has 1 saturated heterocycles. The second-order valence-corrected chi connectivity index (χ2v) is 5.32. The SMILES string of the molecule is C=CCN1C(=O)NC(=O)/C(=C\c2cc(Br)ccc2OC)C1=O. The Morgan fingerprint density at radius 1 is 1.36 bits per heavy atom. The van der Waals surface area contributed by atoms with Gasteiger partial charge in [-0.1, -0.05) is 22.0 Å². The van der Waals surface area contributed by atoms with Crippen molar-refractivity contribution in [1.82, 2.24) is 10.2 Å². The van der Waals surface area contributed by atoms with Crippen LogP contribution >= 0.6 is 15.9 Å². The zero-order valence-electron chi connectivity index (χ0n) is 11.8. The Bertz CT molecular complexity index is 697. The summed E-state index contributed by atoms with van der Waals surface area (Å²) in [6, 6.07) is 4.43. The maximum atomic E-state index is 12.3. The van der Waals surface area contributed by atoms with Crippen LogP contribution in [0.15, 0.2) is 40.9 Å². The number of benzene rings is 1. The molecule has 0 bridgehead atoms. The van der Waals surface area contributed by atoms with Crippen LogP contribution in [0.5, 0.6) is 5.75 Å². The first-order chi connectivity index (χ1) is 10.5. The molecule has 114 valence electrons. The smallest absolute Gasteiger partial charge is 0.331 e. The van der Waals surface area contributed by atoms with E-state index in [2.05, 4.69) is 27.8 Å². The van der Waals surface area contributed by atoms with Crippen LogP contribution in [0.1, 0.15) is 5.56 Å². The van der Waals surface area contributed by atoms with Crippen molar-refractivity contribution in [2.45, 2.75) is 0 Å². The lowest BCUT2D eigenvalue weighted by molar-refractivity contribution is -0.129. The van der Waals surface area contributed by atoms with E-state index in [9.17, 15) is 14.4 Å². The lowest BCUT2D eigenvalue weighted by atomic mass is 10.1. The molecule has 0 spiro atoms. The van der Waals surface area contributed by atoms with Gasteiger partial charge >= 0.3 is 6.03 Å². The van der Waals surface area contributed by atoms with Gasteiger partial charge in [-0.3, -0.25) is 19.8 Å². The standard InChI is InChI=1S/C15H13BrN2O4/c1-3-6-18-14(20)11(13(19)17-15(18)21)8-9-7-10(16)4-5-12(9)22-2/h3-5,7-8H,1,6H2,2H3,(H,17,19,21)/b11-8+. The van der Waals surface area contributed by atoms with Gasteiger partial charge in [-0.2, -0.15) is 0 Å². The molecule has 0 aliphatic carbocycles. The Morgan fingerprint density at radius 3 is 2.73 bits per heavy atom. The molecule has 7 heteroatoms. The van der Waals surface area contributed by atoms with Crippen LogP contribution in [0.4, 0.5) is 4.79 Å². The van der Waals surface area contributed by atoms with Gasteiger partial charge in [-0.15, -0.1) is 6.58 Å². The van der Waals surface area contributed by atoms with E-state index in [0.717, 1.165) is 9.37 Å². The number of hydrogen-bond acceptors (Lipinski definition) is 4. The zero-order chi connectivity index (χ0) is 16.3. The van der Waals surface area contributed by atoms with Crippen molar-refractivity contribution in [2.24, 2.45) is 0 Å². The van der Waals surface area contributed by atoms with Crippen molar-refractivity contribution in [1.29, 1.82) is 0 Å². The van der Waals surface area contributed by atoms with Gasteiger partial charge < -0.3 is 4.74 Å². The number of carbonyl (C=O) groups excluding carboxylic acids is 3. The Hall–Kier alpha value is -2.41. The van der Waals surface area contributed by atoms with Crippen molar-refractivity contribution >= 4 is 39.9 Å². The van der Waals surface area contributed by atoms with Crippen LogP contribution < -0.4 is 10.1 Å². The summed E-state index contributed by atoms with van der Waals surface area (Å²) in [7, 11) is 1.49. The summed E-state index contributed by atoms with van der Waals surface area (Å²) in [5, 5.41) is 2.13. The van der Waals surface area contributed by atoms with E-state index < -0.39 is 17.8 Å². The van der Waals surface area contributed by atoms with Crippen molar-refractivity contribution in [2.75, 3.05) is 13.7 Å². The van der Waals surface area contributed by atoms with E-state index in [1.807, 2.05) is 0 Å². The van der Waals surface area contributed by atoms with E-state index in [1.54, 1.807) is 18.2 Å². The maximum Gasteiger partial charge on any atom is 0.331 e. The third-order valence-electron chi connectivity index (χ3n) is 2.99. The molecule has 2 rings (SSSR count). The molecule has 4 amide bonds. The molecule has 0 atom stereocenters. The molecule has 1 aliphatic rings. The summed E-state index contributed by atoms with van der Waals surface area (Å²) < 4.78 is 5.97. The zero-order valence-corrected chi connectivity index (χ0v) is 13.3. The van der Waals surface area contributed by atoms with Crippen LogP contribution in [-0.2, 0) is 9.59 Å². The molecule has 0 aromatic heterocycles. The van der Waals surface area contributed by atoms with Gasteiger partial charge in [0.25, 0.3) is 11.8 Å². The van der Waals surface area contributed by atoms with Gasteiger partial charge in [0.05, 0.1) is 7.11 Å². The Kier molecular flexibility index (Phi) is 4.77. The number of urea groups is 1. The summed E-state index contributed by atoms with van der Waals surface area (Å²) >= 11 is 3.32. The van der Waals surface area contributed by atoms with Crippen molar-refractivity contribution in [3.63, 3.8) is 0 Å². The fourth-order valence-electron chi connectivity index (χ4n) is 1.96. The highest BCUT2D eigenvalue weighted by atomic mass is 79.9. The molecule has 1 heterocycles. The molecule has 1 fully saturated rings. The van der Waals surface area contributed by atoms with Gasteiger partial charge in [-0.05, 0) is 24.3 Å². The number of halogens is 1.